The quantitative estimate of drug-likeness (QED) is 0.606. The molecule has 26 heavy (non-hydrogen) atoms. The van der Waals surface area contributed by atoms with Crippen LogP contribution in [0.2, 0.25) is 0 Å². The van der Waals surface area contributed by atoms with E-state index in [4.69, 9.17) is 9.47 Å². The molecule has 4 rings (SSSR count). The topological polar surface area (TPSA) is 65.5 Å². The lowest BCUT2D eigenvalue weighted by atomic mass is 10.0. The van der Waals surface area contributed by atoms with Crippen molar-refractivity contribution < 1.29 is 19.1 Å². The molecule has 1 atom stereocenters. The molecule has 6 heteroatoms. The van der Waals surface area contributed by atoms with Crippen molar-refractivity contribution >= 4 is 38.8 Å². The number of hydrogen-bond acceptors (Lipinski definition) is 5. The molecular formula is C20H14BrNO4. The highest BCUT2D eigenvalue weighted by molar-refractivity contribution is 9.10. The molecule has 0 saturated carbocycles. The van der Waals surface area contributed by atoms with E-state index in [1.54, 1.807) is 6.07 Å². The Bertz CT molecular complexity index is 1020. The summed E-state index contributed by atoms with van der Waals surface area (Å²) in [6.45, 7) is 0.275. The van der Waals surface area contributed by atoms with Gasteiger partial charge in [-0.2, -0.15) is 0 Å². The maximum absolute atomic E-state index is 12.7. The Labute approximate surface area is 158 Å². The standard InChI is InChI=1S/C20H14BrNO4/c21-13-5-3-4-12(10-13)17-11-15(14-6-1-2-7-16(14)22-17)19(23)26-18-8-9-25-20(18)24/h1-7,10-11,18H,8-9H2/t18-/m1/s1. The van der Waals surface area contributed by atoms with Gasteiger partial charge in [0.15, 0.2) is 0 Å². The van der Waals surface area contributed by atoms with Crippen LogP contribution in [0.1, 0.15) is 16.8 Å². The molecule has 0 N–H and O–H groups in total. The molecule has 0 unspecified atom stereocenters. The van der Waals surface area contributed by atoms with Crippen molar-refractivity contribution in [3.8, 4) is 11.3 Å². The molecule has 0 radical (unpaired) electrons. The van der Waals surface area contributed by atoms with Gasteiger partial charge in [-0.05, 0) is 24.3 Å². The van der Waals surface area contributed by atoms with Gasteiger partial charge in [-0.1, -0.05) is 46.3 Å². The van der Waals surface area contributed by atoms with Gasteiger partial charge < -0.3 is 9.47 Å². The number of rotatable bonds is 3. The van der Waals surface area contributed by atoms with E-state index in [0.717, 1.165) is 10.0 Å². The Morgan fingerprint density at radius 3 is 2.77 bits per heavy atom. The lowest BCUT2D eigenvalue weighted by Crippen LogP contribution is -2.23. The zero-order valence-corrected chi connectivity index (χ0v) is 15.2. The number of ether oxygens (including phenoxy) is 2. The van der Waals surface area contributed by atoms with E-state index >= 15 is 0 Å². The number of pyridine rings is 1. The number of nitrogens with zero attached hydrogens (tertiary/aromatic N) is 1. The maximum Gasteiger partial charge on any atom is 0.347 e. The third kappa shape index (κ3) is 3.20. The van der Waals surface area contributed by atoms with Crippen LogP contribution in [-0.2, 0) is 14.3 Å². The molecule has 3 aromatic rings. The molecule has 0 spiro atoms. The van der Waals surface area contributed by atoms with Crippen molar-refractivity contribution in [2.24, 2.45) is 0 Å². The number of aromatic nitrogens is 1. The van der Waals surface area contributed by atoms with E-state index in [2.05, 4.69) is 20.9 Å². The lowest BCUT2D eigenvalue weighted by molar-refractivity contribution is -0.145. The SMILES string of the molecule is O=C(O[C@@H]1CCOC1=O)c1cc(-c2cccc(Br)c2)nc2ccccc12. The number of hydrogen-bond donors (Lipinski definition) is 0. The Balaban J connectivity index is 1.79. The second-order valence-corrected chi connectivity index (χ2v) is 6.85. The van der Waals surface area contributed by atoms with Gasteiger partial charge in [-0.3, -0.25) is 0 Å². The van der Waals surface area contributed by atoms with Gasteiger partial charge in [0.25, 0.3) is 0 Å². The number of carbonyl (C=O) groups is 2. The van der Waals surface area contributed by atoms with Gasteiger partial charge in [0.1, 0.15) is 0 Å². The van der Waals surface area contributed by atoms with Gasteiger partial charge in [-0.25, -0.2) is 14.6 Å². The van der Waals surface area contributed by atoms with Gasteiger partial charge in [0.05, 0.1) is 23.4 Å². The van der Waals surface area contributed by atoms with Crippen LogP contribution < -0.4 is 0 Å². The maximum atomic E-state index is 12.7. The summed E-state index contributed by atoms with van der Waals surface area (Å²) in [5.74, 6) is -1.05. The molecule has 1 saturated heterocycles. The molecule has 0 bridgehead atoms. The van der Waals surface area contributed by atoms with E-state index < -0.39 is 18.0 Å². The third-order valence-electron chi connectivity index (χ3n) is 4.19. The van der Waals surface area contributed by atoms with E-state index in [-0.39, 0.29) is 6.61 Å². The summed E-state index contributed by atoms with van der Waals surface area (Å²) in [5.41, 5.74) is 2.60. The Morgan fingerprint density at radius 2 is 2.00 bits per heavy atom. The van der Waals surface area contributed by atoms with Gasteiger partial charge >= 0.3 is 11.9 Å². The molecular weight excluding hydrogens is 398 g/mol. The zero-order valence-electron chi connectivity index (χ0n) is 13.6. The number of fused-ring (bicyclic) bond motifs is 1. The largest absolute Gasteiger partial charge is 0.463 e. The zero-order chi connectivity index (χ0) is 18.1. The minimum absolute atomic E-state index is 0.275. The summed E-state index contributed by atoms with van der Waals surface area (Å²) in [5, 5.41) is 0.683. The fraction of sp³-hybridized carbons (Fsp3) is 0.150. The summed E-state index contributed by atoms with van der Waals surface area (Å²) < 4.78 is 11.2. The number of benzene rings is 2. The minimum atomic E-state index is -0.844. The Hall–Kier alpha value is -2.73. The lowest BCUT2D eigenvalue weighted by Gasteiger charge is -2.12. The molecule has 2 heterocycles. The van der Waals surface area contributed by atoms with Crippen molar-refractivity contribution in [1.82, 2.24) is 4.98 Å². The summed E-state index contributed by atoms with van der Waals surface area (Å²) in [6, 6.07) is 16.7. The Morgan fingerprint density at radius 1 is 1.15 bits per heavy atom. The molecule has 5 nitrogen and oxygen atoms in total. The summed E-state index contributed by atoms with van der Waals surface area (Å²) >= 11 is 3.45. The van der Waals surface area contributed by atoms with E-state index in [1.165, 1.54) is 0 Å². The second-order valence-electron chi connectivity index (χ2n) is 5.93. The summed E-state index contributed by atoms with van der Waals surface area (Å²) in [7, 11) is 0. The molecule has 0 aliphatic carbocycles. The van der Waals surface area contributed by atoms with Crippen molar-refractivity contribution in [3.63, 3.8) is 0 Å². The monoisotopic (exact) mass is 411 g/mol. The average Bonchev–Trinajstić information content (AvgIpc) is 3.05. The third-order valence-corrected chi connectivity index (χ3v) is 4.69. The van der Waals surface area contributed by atoms with Crippen LogP contribution in [0.4, 0.5) is 0 Å². The predicted octanol–water partition coefficient (Wildman–Crippen LogP) is 4.14. The molecule has 1 aromatic heterocycles. The fourth-order valence-corrected chi connectivity index (χ4v) is 3.32. The Kier molecular flexibility index (Phi) is 4.42. The van der Waals surface area contributed by atoms with E-state index in [0.29, 0.717) is 28.6 Å². The first-order valence-corrected chi connectivity index (χ1v) is 8.94. The summed E-state index contributed by atoms with van der Waals surface area (Å²) in [6.07, 6.45) is -0.463. The van der Waals surface area contributed by atoms with Gasteiger partial charge in [0.2, 0.25) is 6.10 Å². The van der Waals surface area contributed by atoms with Crippen LogP contribution in [0.5, 0.6) is 0 Å². The van der Waals surface area contributed by atoms with Crippen LogP contribution in [0, 0.1) is 0 Å². The average molecular weight is 412 g/mol. The van der Waals surface area contributed by atoms with Crippen LogP contribution in [0.3, 0.4) is 0 Å². The second kappa shape index (κ2) is 6.88. The van der Waals surface area contributed by atoms with Gasteiger partial charge in [-0.15, -0.1) is 0 Å². The number of para-hydroxylation sites is 1. The fourth-order valence-electron chi connectivity index (χ4n) is 2.92. The highest BCUT2D eigenvalue weighted by atomic mass is 79.9. The molecule has 130 valence electrons. The molecule has 2 aromatic carbocycles. The van der Waals surface area contributed by atoms with Crippen LogP contribution >= 0.6 is 15.9 Å². The highest BCUT2D eigenvalue weighted by Crippen LogP contribution is 2.27. The number of esters is 2. The van der Waals surface area contributed by atoms with Gasteiger partial charge in [0, 0.05) is 21.8 Å². The molecule has 1 fully saturated rings. The van der Waals surface area contributed by atoms with Crippen molar-refractivity contribution in [1.29, 1.82) is 0 Å². The first kappa shape index (κ1) is 16.7. The number of carbonyl (C=O) groups excluding carboxylic acids is 2. The van der Waals surface area contributed by atoms with Crippen LogP contribution in [0.25, 0.3) is 22.2 Å². The van der Waals surface area contributed by atoms with E-state index in [1.807, 2.05) is 48.5 Å². The normalized spacial score (nSPS) is 16.5. The number of halogens is 1. The minimum Gasteiger partial charge on any atom is -0.463 e. The van der Waals surface area contributed by atoms with Crippen molar-refractivity contribution in [3.05, 3.63) is 64.6 Å². The molecule has 1 aliphatic heterocycles. The molecule has 0 amide bonds. The van der Waals surface area contributed by atoms with Crippen molar-refractivity contribution in [2.45, 2.75) is 12.5 Å². The smallest absolute Gasteiger partial charge is 0.347 e. The van der Waals surface area contributed by atoms with Crippen molar-refractivity contribution in [2.75, 3.05) is 6.61 Å². The van der Waals surface area contributed by atoms with Crippen LogP contribution in [0.15, 0.2) is 59.1 Å². The summed E-state index contributed by atoms with van der Waals surface area (Å²) in [4.78, 5) is 29.0. The highest BCUT2D eigenvalue weighted by Gasteiger charge is 2.31. The first-order chi connectivity index (χ1) is 12.6. The molecule has 1 aliphatic rings. The number of cyclic esters (lactones) is 1. The first-order valence-electron chi connectivity index (χ1n) is 8.15. The van der Waals surface area contributed by atoms with E-state index in [9.17, 15) is 9.59 Å². The van der Waals surface area contributed by atoms with Crippen LogP contribution in [-0.4, -0.2) is 29.6 Å². The predicted molar refractivity (Wildman–Crippen MR) is 99.7 cm³/mol.